The predicted octanol–water partition coefficient (Wildman–Crippen LogP) is 1.40. The molecule has 1 N–H and O–H groups in total. The number of likely N-dealkylation sites (N-methyl/N-ethyl adjacent to an activating group) is 1. The van der Waals surface area contributed by atoms with Gasteiger partial charge in [-0.15, -0.1) is 0 Å². The van der Waals surface area contributed by atoms with Crippen LogP contribution in [0.25, 0.3) is 0 Å². The van der Waals surface area contributed by atoms with Gasteiger partial charge in [-0.25, -0.2) is 0 Å². The van der Waals surface area contributed by atoms with Crippen molar-refractivity contribution in [2.24, 2.45) is 0 Å². The lowest BCUT2D eigenvalue weighted by Crippen LogP contribution is -2.54. The molecule has 1 atom stereocenters. The third kappa shape index (κ3) is 3.42. The molecule has 0 saturated carbocycles. The highest BCUT2D eigenvalue weighted by atomic mass is 16.5. The molecule has 1 amide bonds. The number of hydrogen-bond donors (Lipinski definition) is 1. The number of nitrogens with one attached hydrogen (secondary N) is 1. The van der Waals surface area contributed by atoms with Crippen molar-refractivity contribution in [1.29, 1.82) is 0 Å². The molecule has 1 saturated heterocycles. The van der Waals surface area contributed by atoms with Gasteiger partial charge in [0.1, 0.15) is 0 Å². The maximum absolute atomic E-state index is 12.2. The number of amides is 1. The Hall–Kier alpha value is -0.610. The number of hydrogen-bond acceptors (Lipinski definition) is 3. The van der Waals surface area contributed by atoms with Crippen LogP contribution in [0, 0.1) is 0 Å². The van der Waals surface area contributed by atoms with Crippen molar-refractivity contribution in [3.8, 4) is 0 Å². The molecule has 4 heteroatoms. The fourth-order valence-electron chi connectivity index (χ4n) is 2.56. The summed E-state index contributed by atoms with van der Waals surface area (Å²) in [6, 6.07) is 0. The number of likely N-dealkylation sites (tertiary alicyclic amines) is 1. The molecule has 0 aliphatic carbocycles. The van der Waals surface area contributed by atoms with Crippen LogP contribution in [0.4, 0.5) is 0 Å². The van der Waals surface area contributed by atoms with Gasteiger partial charge in [-0.2, -0.15) is 0 Å². The second-order valence-electron chi connectivity index (χ2n) is 4.78. The minimum Gasteiger partial charge on any atom is -0.380 e. The van der Waals surface area contributed by atoms with E-state index >= 15 is 0 Å². The van der Waals surface area contributed by atoms with Crippen molar-refractivity contribution in [1.82, 2.24) is 10.2 Å². The van der Waals surface area contributed by atoms with Gasteiger partial charge in [0.15, 0.2) is 0 Å². The number of carbonyl (C=O) groups excluding carboxylic acids is 1. The average Bonchev–Trinajstić information content (AvgIpc) is 2.71. The van der Waals surface area contributed by atoms with Crippen molar-refractivity contribution in [3.05, 3.63) is 0 Å². The van der Waals surface area contributed by atoms with Gasteiger partial charge in [0, 0.05) is 13.2 Å². The van der Waals surface area contributed by atoms with Crippen molar-refractivity contribution in [3.63, 3.8) is 0 Å². The Labute approximate surface area is 105 Å². The zero-order valence-corrected chi connectivity index (χ0v) is 11.4. The summed E-state index contributed by atoms with van der Waals surface area (Å²) >= 11 is 0. The van der Waals surface area contributed by atoms with Crippen LogP contribution in [0.2, 0.25) is 0 Å². The van der Waals surface area contributed by atoms with E-state index in [9.17, 15) is 4.79 Å². The third-order valence-corrected chi connectivity index (χ3v) is 3.70. The minimum atomic E-state index is -0.273. The highest BCUT2D eigenvalue weighted by Gasteiger charge is 2.43. The van der Waals surface area contributed by atoms with Crippen LogP contribution >= 0.6 is 0 Å². The standard InChI is InChI=1S/C13H26N2O2/c1-4-10-17-11-8-14-12(16)13(5-2)7-6-9-15(13)3/h4-11H2,1-3H3,(H,14,16). The van der Waals surface area contributed by atoms with Crippen molar-refractivity contribution in [2.75, 3.05) is 33.4 Å². The SMILES string of the molecule is CCCOCCNC(=O)C1(CC)CCCN1C. The first-order valence-corrected chi connectivity index (χ1v) is 6.74. The molecule has 0 spiro atoms. The maximum Gasteiger partial charge on any atom is 0.240 e. The third-order valence-electron chi connectivity index (χ3n) is 3.70. The van der Waals surface area contributed by atoms with E-state index in [4.69, 9.17) is 4.74 Å². The largest absolute Gasteiger partial charge is 0.380 e. The van der Waals surface area contributed by atoms with Gasteiger partial charge in [-0.05, 0) is 39.3 Å². The van der Waals surface area contributed by atoms with E-state index in [1.54, 1.807) is 0 Å². The van der Waals surface area contributed by atoms with E-state index in [1.165, 1.54) is 0 Å². The lowest BCUT2D eigenvalue weighted by molar-refractivity contribution is -0.131. The van der Waals surface area contributed by atoms with E-state index in [2.05, 4.69) is 24.1 Å². The topological polar surface area (TPSA) is 41.6 Å². The molecule has 4 nitrogen and oxygen atoms in total. The Morgan fingerprint density at radius 2 is 2.18 bits per heavy atom. The lowest BCUT2D eigenvalue weighted by Gasteiger charge is -2.33. The van der Waals surface area contributed by atoms with E-state index in [0.29, 0.717) is 13.2 Å². The van der Waals surface area contributed by atoms with E-state index < -0.39 is 0 Å². The van der Waals surface area contributed by atoms with Crippen LogP contribution in [0.3, 0.4) is 0 Å². The summed E-state index contributed by atoms with van der Waals surface area (Å²) in [4.78, 5) is 14.4. The first-order chi connectivity index (χ1) is 8.17. The second kappa shape index (κ2) is 6.97. The van der Waals surface area contributed by atoms with Crippen LogP contribution in [0.5, 0.6) is 0 Å². The van der Waals surface area contributed by atoms with E-state index in [-0.39, 0.29) is 11.4 Å². The molecule has 0 aromatic rings. The molecule has 0 bridgehead atoms. The Morgan fingerprint density at radius 1 is 1.41 bits per heavy atom. The second-order valence-corrected chi connectivity index (χ2v) is 4.78. The van der Waals surface area contributed by atoms with Crippen LogP contribution < -0.4 is 5.32 Å². The molecular weight excluding hydrogens is 216 g/mol. The Bertz CT molecular complexity index is 246. The van der Waals surface area contributed by atoms with Crippen LogP contribution in [-0.2, 0) is 9.53 Å². The summed E-state index contributed by atoms with van der Waals surface area (Å²) in [5, 5.41) is 3.00. The normalized spacial score (nSPS) is 25.1. The fourth-order valence-corrected chi connectivity index (χ4v) is 2.56. The van der Waals surface area contributed by atoms with Gasteiger partial charge in [0.25, 0.3) is 0 Å². The Balaban J connectivity index is 2.35. The number of ether oxygens (including phenoxy) is 1. The van der Waals surface area contributed by atoms with Gasteiger partial charge < -0.3 is 10.1 Å². The summed E-state index contributed by atoms with van der Waals surface area (Å²) in [5.41, 5.74) is -0.273. The summed E-state index contributed by atoms with van der Waals surface area (Å²) in [6.07, 6.45) is 3.99. The van der Waals surface area contributed by atoms with Gasteiger partial charge in [-0.1, -0.05) is 13.8 Å². The molecule has 1 aliphatic rings. The summed E-state index contributed by atoms with van der Waals surface area (Å²) in [5.74, 6) is 0.167. The van der Waals surface area contributed by atoms with E-state index in [1.807, 2.05) is 7.05 Å². The lowest BCUT2D eigenvalue weighted by atomic mass is 9.92. The minimum absolute atomic E-state index is 0.167. The van der Waals surface area contributed by atoms with Crippen LogP contribution in [0.1, 0.15) is 39.5 Å². The van der Waals surface area contributed by atoms with Crippen molar-refractivity contribution < 1.29 is 9.53 Å². The van der Waals surface area contributed by atoms with Crippen molar-refractivity contribution >= 4 is 5.91 Å². The van der Waals surface area contributed by atoms with Gasteiger partial charge in [0.05, 0.1) is 12.1 Å². The number of carbonyl (C=O) groups is 1. The maximum atomic E-state index is 12.2. The molecule has 0 radical (unpaired) electrons. The summed E-state index contributed by atoms with van der Waals surface area (Å²) < 4.78 is 5.36. The quantitative estimate of drug-likeness (QED) is 0.686. The van der Waals surface area contributed by atoms with Gasteiger partial charge in [-0.3, -0.25) is 9.69 Å². The first kappa shape index (κ1) is 14.5. The molecular formula is C13H26N2O2. The van der Waals surface area contributed by atoms with Gasteiger partial charge >= 0.3 is 0 Å². The van der Waals surface area contributed by atoms with Crippen LogP contribution in [-0.4, -0.2) is 49.7 Å². The zero-order valence-electron chi connectivity index (χ0n) is 11.4. The molecule has 0 aromatic carbocycles. The Kier molecular flexibility index (Phi) is 5.92. The Morgan fingerprint density at radius 3 is 2.71 bits per heavy atom. The zero-order chi connectivity index (χ0) is 12.7. The molecule has 1 heterocycles. The number of nitrogens with zero attached hydrogens (tertiary/aromatic N) is 1. The molecule has 1 fully saturated rings. The summed E-state index contributed by atoms with van der Waals surface area (Å²) in [6.45, 7) is 7.20. The first-order valence-electron chi connectivity index (χ1n) is 6.74. The molecule has 17 heavy (non-hydrogen) atoms. The molecule has 1 aliphatic heterocycles. The van der Waals surface area contributed by atoms with Crippen LogP contribution in [0.15, 0.2) is 0 Å². The summed E-state index contributed by atoms with van der Waals surface area (Å²) in [7, 11) is 2.05. The molecule has 1 rings (SSSR count). The predicted molar refractivity (Wildman–Crippen MR) is 69.0 cm³/mol. The average molecular weight is 242 g/mol. The highest BCUT2D eigenvalue weighted by molar-refractivity contribution is 5.86. The fraction of sp³-hybridized carbons (Fsp3) is 0.923. The van der Waals surface area contributed by atoms with Crippen molar-refractivity contribution in [2.45, 2.75) is 45.1 Å². The van der Waals surface area contributed by atoms with Gasteiger partial charge in [0.2, 0.25) is 5.91 Å². The van der Waals surface area contributed by atoms with E-state index in [0.717, 1.165) is 38.8 Å². The highest BCUT2D eigenvalue weighted by Crippen LogP contribution is 2.30. The molecule has 1 unspecified atom stereocenters. The molecule has 100 valence electrons. The monoisotopic (exact) mass is 242 g/mol. The number of rotatable bonds is 7. The molecule has 0 aromatic heterocycles. The smallest absolute Gasteiger partial charge is 0.240 e.